The summed E-state index contributed by atoms with van der Waals surface area (Å²) in [6.07, 6.45) is 0.919. The molecule has 2 N–H and O–H groups in total. The van der Waals surface area contributed by atoms with Gasteiger partial charge in [-0.05, 0) is 31.4 Å². The Bertz CT molecular complexity index is 541. The van der Waals surface area contributed by atoms with Crippen LogP contribution in [0, 0.1) is 5.92 Å². The van der Waals surface area contributed by atoms with Crippen LogP contribution < -0.4 is 10.5 Å². The first-order valence-corrected chi connectivity index (χ1v) is 8.85. The van der Waals surface area contributed by atoms with Gasteiger partial charge in [-0.2, -0.15) is 0 Å². The summed E-state index contributed by atoms with van der Waals surface area (Å²) in [5.41, 5.74) is 6.00. The molecule has 1 rings (SSSR count). The maximum atomic E-state index is 12.3. The number of anilines is 1. The summed E-state index contributed by atoms with van der Waals surface area (Å²) in [7, 11) is -3.46. The summed E-state index contributed by atoms with van der Waals surface area (Å²) in [6.45, 7) is 7.25. The van der Waals surface area contributed by atoms with Crippen molar-refractivity contribution in [1.29, 1.82) is 0 Å². The number of hydrogen-bond donors (Lipinski definition) is 1. The zero-order chi connectivity index (χ0) is 15.9. The lowest BCUT2D eigenvalue weighted by Crippen LogP contribution is -2.15. The number of ether oxygens (including phenoxy) is 2. The van der Waals surface area contributed by atoms with Crippen LogP contribution >= 0.6 is 0 Å². The van der Waals surface area contributed by atoms with Gasteiger partial charge < -0.3 is 15.2 Å². The number of benzene rings is 1. The second-order valence-electron chi connectivity index (χ2n) is 5.25. The van der Waals surface area contributed by atoms with E-state index in [1.807, 2.05) is 6.92 Å². The molecule has 0 saturated carbocycles. The highest BCUT2D eigenvalue weighted by molar-refractivity contribution is 7.91. The molecule has 6 heteroatoms. The maximum absolute atomic E-state index is 12.3. The number of sulfone groups is 1. The Kier molecular flexibility index (Phi) is 6.98. The van der Waals surface area contributed by atoms with Crippen molar-refractivity contribution in [1.82, 2.24) is 0 Å². The van der Waals surface area contributed by atoms with Gasteiger partial charge in [0, 0.05) is 12.7 Å². The molecule has 0 heterocycles. The van der Waals surface area contributed by atoms with E-state index in [9.17, 15) is 8.42 Å². The molecular formula is C15H25NO4S. The average Bonchev–Trinajstić information content (AvgIpc) is 2.40. The second-order valence-corrected chi connectivity index (χ2v) is 7.32. The fourth-order valence-electron chi connectivity index (χ4n) is 1.74. The van der Waals surface area contributed by atoms with E-state index in [2.05, 4.69) is 13.8 Å². The smallest absolute Gasteiger partial charge is 0.182 e. The van der Waals surface area contributed by atoms with Gasteiger partial charge in [0.1, 0.15) is 5.75 Å². The second kappa shape index (κ2) is 8.24. The molecule has 120 valence electrons. The lowest BCUT2D eigenvalue weighted by Gasteiger charge is -2.11. The summed E-state index contributed by atoms with van der Waals surface area (Å²) < 4.78 is 35.3. The number of nitrogens with two attached hydrogens (primary N) is 1. The van der Waals surface area contributed by atoms with Gasteiger partial charge in [0.25, 0.3) is 0 Å². The van der Waals surface area contributed by atoms with Crippen molar-refractivity contribution in [2.45, 2.75) is 32.1 Å². The number of rotatable bonds is 9. The number of nitrogen functional groups attached to an aromatic ring is 1. The molecule has 0 aliphatic rings. The maximum Gasteiger partial charge on any atom is 0.182 e. The average molecular weight is 315 g/mol. The van der Waals surface area contributed by atoms with Crippen LogP contribution in [-0.4, -0.2) is 34.0 Å². The highest BCUT2D eigenvalue weighted by atomic mass is 32.2. The zero-order valence-corrected chi connectivity index (χ0v) is 13.8. The van der Waals surface area contributed by atoms with Crippen molar-refractivity contribution in [3.05, 3.63) is 18.2 Å². The monoisotopic (exact) mass is 315 g/mol. The molecule has 21 heavy (non-hydrogen) atoms. The molecule has 1 aromatic carbocycles. The molecule has 0 spiro atoms. The van der Waals surface area contributed by atoms with Crippen molar-refractivity contribution >= 4 is 15.5 Å². The molecule has 0 amide bonds. The van der Waals surface area contributed by atoms with Gasteiger partial charge in [0.2, 0.25) is 0 Å². The SMILES string of the molecule is CCOc1ccc(N)c(S(=O)(=O)CCOCCC(C)C)c1. The predicted octanol–water partition coefficient (Wildman–Crippen LogP) is 2.50. The third-order valence-electron chi connectivity index (χ3n) is 2.97. The van der Waals surface area contributed by atoms with E-state index in [0.29, 0.717) is 24.9 Å². The van der Waals surface area contributed by atoms with Gasteiger partial charge in [-0.1, -0.05) is 13.8 Å². The molecule has 5 nitrogen and oxygen atoms in total. The first-order chi connectivity index (χ1) is 9.86. The van der Waals surface area contributed by atoms with Crippen LogP contribution in [0.15, 0.2) is 23.1 Å². The third-order valence-corrected chi connectivity index (χ3v) is 4.69. The van der Waals surface area contributed by atoms with Crippen LogP contribution in [-0.2, 0) is 14.6 Å². The van der Waals surface area contributed by atoms with E-state index < -0.39 is 9.84 Å². The Morgan fingerprint density at radius 3 is 2.57 bits per heavy atom. The Labute approximate surface area is 127 Å². The lowest BCUT2D eigenvalue weighted by atomic mass is 10.1. The minimum Gasteiger partial charge on any atom is -0.494 e. The first kappa shape index (κ1) is 17.8. The topological polar surface area (TPSA) is 78.6 Å². The molecular weight excluding hydrogens is 290 g/mol. The minimum absolute atomic E-state index is 0.0785. The Morgan fingerprint density at radius 2 is 1.95 bits per heavy atom. The molecule has 0 atom stereocenters. The third kappa shape index (κ3) is 5.93. The van der Waals surface area contributed by atoms with E-state index in [4.69, 9.17) is 15.2 Å². The molecule has 1 aromatic rings. The summed E-state index contributed by atoms with van der Waals surface area (Å²) in [5, 5.41) is 0. The lowest BCUT2D eigenvalue weighted by molar-refractivity contribution is 0.137. The Morgan fingerprint density at radius 1 is 1.24 bits per heavy atom. The van der Waals surface area contributed by atoms with Crippen LogP contribution in [0.2, 0.25) is 0 Å². The molecule has 0 saturated heterocycles. The first-order valence-electron chi connectivity index (χ1n) is 7.19. The van der Waals surface area contributed by atoms with E-state index in [1.165, 1.54) is 6.07 Å². The molecule has 0 fully saturated rings. The normalized spacial score (nSPS) is 11.8. The van der Waals surface area contributed by atoms with Crippen LogP contribution in [0.25, 0.3) is 0 Å². The van der Waals surface area contributed by atoms with Crippen LogP contribution in [0.3, 0.4) is 0 Å². The summed E-state index contributed by atoms with van der Waals surface area (Å²) in [5.74, 6) is 0.969. The van der Waals surface area contributed by atoms with Crippen LogP contribution in [0.5, 0.6) is 5.75 Å². The standard InChI is InChI=1S/C15H25NO4S/c1-4-20-13-5-6-14(16)15(11-13)21(17,18)10-9-19-8-7-12(2)3/h5-6,11-12H,4,7-10,16H2,1-3H3. The molecule has 0 unspecified atom stereocenters. The number of hydrogen-bond acceptors (Lipinski definition) is 5. The summed E-state index contributed by atoms with van der Waals surface area (Å²) in [4.78, 5) is 0.112. The minimum atomic E-state index is -3.46. The fourth-order valence-corrected chi connectivity index (χ4v) is 3.02. The van der Waals surface area contributed by atoms with E-state index in [-0.39, 0.29) is 22.9 Å². The highest BCUT2D eigenvalue weighted by Crippen LogP contribution is 2.25. The van der Waals surface area contributed by atoms with E-state index >= 15 is 0 Å². The fraction of sp³-hybridized carbons (Fsp3) is 0.600. The van der Waals surface area contributed by atoms with Gasteiger partial charge >= 0.3 is 0 Å². The summed E-state index contributed by atoms with van der Waals surface area (Å²) >= 11 is 0. The largest absolute Gasteiger partial charge is 0.494 e. The van der Waals surface area contributed by atoms with Crippen molar-refractivity contribution in [3.8, 4) is 5.75 Å². The highest BCUT2D eigenvalue weighted by Gasteiger charge is 2.18. The van der Waals surface area contributed by atoms with Gasteiger partial charge in [0.15, 0.2) is 9.84 Å². The van der Waals surface area contributed by atoms with Crippen molar-refractivity contribution in [2.75, 3.05) is 31.3 Å². The zero-order valence-electron chi connectivity index (χ0n) is 13.0. The predicted molar refractivity (Wildman–Crippen MR) is 84.4 cm³/mol. The Balaban J connectivity index is 2.67. The summed E-state index contributed by atoms with van der Waals surface area (Å²) in [6, 6.07) is 4.69. The van der Waals surface area contributed by atoms with E-state index in [1.54, 1.807) is 12.1 Å². The van der Waals surface area contributed by atoms with Gasteiger partial charge in [-0.3, -0.25) is 0 Å². The molecule has 0 aliphatic heterocycles. The van der Waals surface area contributed by atoms with Crippen molar-refractivity contribution < 1.29 is 17.9 Å². The van der Waals surface area contributed by atoms with Gasteiger partial charge in [0.05, 0.1) is 29.5 Å². The van der Waals surface area contributed by atoms with E-state index in [0.717, 1.165) is 6.42 Å². The quantitative estimate of drug-likeness (QED) is 0.559. The van der Waals surface area contributed by atoms with Crippen molar-refractivity contribution in [2.24, 2.45) is 5.92 Å². The van der Waals surface area contributed by atoms with Gasteiger partial charge in [-0.25, -0.2) is 8.42 Å². The molecule has 0 aromatic heterocycles. The van der Waals surface area contributed by atoms with Crippen molar-refractivity contribution in [3.63, 3.8) is 0 Å². The molecule has 0 bridgehead atoms. The van der Waals surface area contributed by atoms with Crippen LogP contribution in [0.4, 0.5) is 5.69 Å². The molecule has 0 aliphatic carbocycles. The molecule has 0 radical (unpaired) electrons. The van der Waals surface area contributed by atoms with Gasteiger partial charge in [-0.15, -0.1) is 0 Å². The Hall–Kier alpha value is -1.27. The van der Waals surface area contributed by atoms with Crippen LogP contribution in [0.1, 0.15) is 27.2 Å².